The lowest BCUT2D eigenvalue weighted by Gasteiger charge is -2.26. The number of nitrogens with two attached hydrogens (primary N) is 1. The number of Topliss-reactive ketones (excluding diaryl/α,β-unsaturated/α-hetero) is 1. The summed E-state index contributed by atoms with van der Waals surface area (Å²) in [4.78, 5) is 104. The molecule has 8 N–H and O–H groups in total. The Morgan fingerprint density at radius 2 is 1.13 bits per heavy atom. The fourth-order valence-electron chi connectivity index (χ4n) is 15.6. The van der Waals surface area contributed by atoms with E-state index in [2.05, 4.69) is 64.1 Å². The average Bonchev–Trinajstić information content (AvgIpc) is 1.62. The minimum absolute atomic E-state index is 0. The summed E-state index contributed by atoms with van der Waals surface area (Å²) in [5.41, 5.74) is 4.68. The monoisotopic (exact) mass is 1960 g/mol. The van der Waals surface area contributed by atoms with Gasteiger partial charge in [-0.15, -0.1) is 36.4 Å². The van der Waals surface area contributed by atoms with Gasteiger partial charge >= 0.3 is 29.9 Å². The normalized spacial score (nSPS) is 24.7. The summed E-state index contributed by atoms with van der Waals surface area (Å²) in [5.74, 6) is -1.42. The van der Waals surface area contributed by atoms with E-state index >= 15 is 0 Å². The van der Waals surface area contributed by atoms with Gasteiger partial charge < -0.3 is 110 Å². The molecule has 5 aromatic rings. The SMILES string of the molecule is C.C=CCBr.C=CCC1(O)CCN(C(=O)OC(C)(C)C)C1.CC(C)(C)OC(=O)N1CCC2(CC(O)CO2)C1.CC(C)(C)OC(=O)N1Cc2nc(-c3c(F)cccc3C#N)cc(Cl)c2C1=O.CN1CCC(=O)C1.ClCCl.Nc1ccc(N2CCC3(CC(O)CO3)C2)cn1.O=[N+]([O-])c1ccc(F)cn1.O=[N+]([O-])c1ccc(N2CCC3(CC(O)CO3)C2)cn1.OC1COC2(CCNC2)C1. The number of pyridine rings is 4. The number of ether oxygens (including phenoxy) is 7. The number of nitrogens with one attached hydrogen (secondary N) is 1. The van der Waals surface area contributed by atoms with Crippen LogP contribution < -0.4 is 20.9 Å². The van der Waals surface area contributed by atoms with E-state index in [1.54, 1.807) is 55.0 Å². The maximum Gasteiger partial charge on any atom is 0.417 e. The highest BCUT2D eigenvalue weighted by Crippen LogP contribution is 2.41. The van der Waals surface area contributed by atoms with Crippen LogP contribution >= 0.6 is 50.7 Å². The highest BCUT2D eigenvalue weighted by Gasteiger charge is 2.50. The van der Waals surface area contributed by atoms with E-state index < -0.39 is 62.0 Å². The minimum atomic E-state index is -0.821. The Bertz CT molecular complexity index is 4670. The fourth-order valence-corrected chi connectivity index (χ4v) is 15.9. The van der Waals surface area contributed by atoms with Crippen LogP contribution in [-0.4, -0.2) is 297 Å². The summed E-state index contributed by atoms with van der Waals surface area (Å²) >= 11 is 18.9. The molecule has 9 atom stereocenters. The third kappa shape index (κ3) is 34.4. The number of imide groups is 1. The first-order chi connectivity index (χ1) is 61.0. The number of amides is 4. The molecule has 9 unspecified atom stereocenters. The first-order valence-corrected chi connectivity index (χ1v) is 44.9. The number of nitro groups is 2. The van der Waals surface area contributed by atoms with E-state index in [9.17, 15) is 83.8 Å². The standard InChI is InChI=1S/C19H15ClFN3O3.C12H15N3O4.C12H17N3O2.C12H21NO4.C12H21NO3.C7H13NO2.C5H3FN2O2.C5H9NO.C3H5Br.CH2Cl2.CH4/c1-19(2,3)27-18(26)24-9-14-16(17(24)25)11(20)7-13(23-14)15-10(8-22)5-4-6-12(15)21;16-10-5-12(19-7-10)3-4-14(8-12)9-1-2-11(13-6-9)15(17)18;13-11-2-1-9(6-14-11)15-4-3-12(8-15)5-10(16)7-17-12;1-11(2,3)17-10(15)13-5-4-12(8-13)6-9(14)7-16-12;1-5-6-12(15)7-8-13(9-12)10(14)16-11(2,3)4;9-6-3-7(10-4-6)1-2-8-5-7;6-4-1-2-5(7-3-4)8(9)10;1-6-3-2-5(7)4-6;1-2-3-4;2-1-3;/h4-7H,9H2,1-3H3;1-2,6,10,16H,3-5,7-8H2;1-2,6,10,16H,3-5,7-8H2,(H2,13,14);9,14H,4-8H2,1-3H3;5,15H,1,6-9H2,2-4H3;6,8-9H,1-5H2;1-3H;2-4H2,1H3;2H,1,3H2;1H2;1H4. The number of β-amino-alcohol motifs (C(OH)–C–C–N with tert-alkyl or cyclic N) is 1. The zero-order chi connectivity index (χ0) is 96.3. The topological polar surface area (TPSA) is 470 Å². The molecule has 36 nitrogen and oxygen atoms in total. The minimum Gasteiger partial charge on any atom is -0.444 e. The highest BCUT2D eigenvalue weighted by molar-refractivity contribution is 9.09. The number of allylic oxidation sites excluding steroid dienone is 1. The summed E-state index contributed by atoms with van der Waals surface area (Å²) in [6.07, 6.45) is 13.2. The summed E-state index contributed by atoms with van der Waals surface area (Å²) in [5, 5.41) is 82.0. The molecule has 11 aliphatic rings. The first kappa shape index (κ1) is 111. The van der Waals surface area contributed by atoms with Crippen LogP contribution in [0.3, 0.4) is 0 Å². The lowest BCUT2D eigenvalue weighted by molar-refractivity contribution is -0.389. The smallest absolute Gasteiger partial charge is 0.417 e. The number of likely N-dealkylation sites (tertiary alicyclic amines) is 3. The molecule has 4 spiro atoms. The zero-order valence-electron chi connectivity index (χ0n) is 75.0. The number of aliphatic hydroxyl groups is 5. The van der Waals surface area contributed by atoms with Gasteiger partial charge in [0.2, 0.25) is 0 Å². The van der Waals surface area contributed by atoms with Crippen molar-refractivity contribution >= 4 is 110 Å². The maximum atomic E-state index is 14.3. The van der Waals surface area contributed by atoms with Crippen LogP contribution in [0.5, 0.6) is 0 Å². The Kier molecular flexibility index (Phi) is 42.0. The van der Waals surface area contributed by atoms with E-state index in [0.29, 0.717) is 103 Å². The van der Waals surface area contributed by atoms with Gasteiger partial charge in [-0.05, 0) is 177 Å². The number of nitrogens with zero attached hydrogens (tertiary/aromatic N) is 13. The molecule has 15 heterocycles. The second kappa shape index (κ2) is 49.8. The Labute approximate surface area is 786 Å². The van der Waals surface area contributed by atoms with Crippen LogP contribution in [0.15, 0.2) is 105 Å². The quantitative estimate of drug-likeness (QED) is 0.0249. The van der Waals surface area contributed by atoms with Crippen molar-refractivity contribution in [3.63, 3.8) is 0 Å². The van der Waals surface area contributed by atoms with Crippen molar-refractivity contribution in [3.8, 4) is 17.3 Å². The van der Waals surface area contributed by atoms with Gasteiger partial charge in [0.25, 0.3) is 5.91 Å². The lowest BCUT2D eigenvalue weighted by atomic mass is 9.98. The molecule has 16 rings (SSSR count). The van der Waals surface area contributed by atoms with Crippen molar-refractivity contribution in [1.29, 1.82) is 5.26 Å². The molecule has 0 aliphatic carbocycles. The van der Waals surface area contributed by atoms with Crippen LogP contribution in [0.4, 0.5) is 52.0 Å². The van der Waals surface area contributed by atoms with Crippen molar-refractivity contribution in [2.24, 2.45) is 0 Å². The van der Waals surface area contributed by atoms with E-state index in [-0.39, 0.29) is 117 Å². The number of carbonyl (C=O) groups excluding carboxylic acids is 5. The van der Waals surface area contributed by atoms with Crippen molar-refractivity contribution < 1.29 is 101 Å². The van der Waals surface area contributed by atoms with Crippen molar-refractivity contribution in [2.75, 3.05) is 138 Å². The molecule has 1 aromatic carbocycles. The molecule has 10 fully saturated rings. The number of hydrogen-bond acceptors (Lipinski definition) is 31. The molecular formula is C89H125BrCl3F2N15O21. The Morgan fingerprint density at radius 1 is 0.664 bits per heavy atom. The molecule has 724 valence electrons. The van der Waals surface area contributed by atoms with Crippen molar-refractivity contribution in [1.82, 2.24) is 44.9 Å². The Hall–Kier alpha value is -9.09. The lowest BCUT2D eigenvalue weighted by Crippen LogP contribution is -2.39. The Balaban J connectivity index is 0.000000233. The van der Waals surface area contributed by atoms with Crippen LogP contribution in [0, 0.1) is 43.2 Å². The summed E-state index contributed by atoms with van der Waals surface area (Å²) in [6, 6.07) is 16.2. The third-order valence-corrected chi connectivity index (χ3v) is 22.3. The number of alkyl halides is 3. The van der Waals surface area contributed by atoms with Crippen molar-refractivity contribution in [3.05, 3.63) is 158 Å². The number of likely N-dealkylation sites (N-methyl/N-ethyl adjacent to an activating group) is 1. The molecule has 4 amide bonds. The van der Waals surface area contributed by atoms with Crippen LogP contribution in [-0.2, 0) is 44.5 Å². The molecular weight excluding hydrogens is 1840 g/mol. The number of aromatic nitrogens is 4. The van der Waals surface area contributed by atoms with Crippen LogP contribution in [0.2, 0.25) is 5.02 Å². The van der Waals surface area contributed by atoms with Gasteiger partial charge in [-0.1, -0.05) is 53.2 Å². The fraction of sp³-hybridized carbons (Fsp3) is 0.596. The summed E-state index contributed by atoms with van der Waals surface area (Å²) in [7, 11) is 1.96. The van der Waals surface area contributed by atoms with E-state index in [1.807, 2.05) is 71.7 Å². The number of halogens is 6. The molecule has 131 heavy (non-hydrogen) atoms. The number of anilines is 3. The number of nitrogen functional groups attached to an aromatic ring is 1. The molecule has 0 bridgehead atoms. The summed E-state index contributed by atoms with van der Waals surface area (Å²) < 4.78 is 64.7. The molecule has 0 saturated carbocycles. The number of carbonyl (C=O) groups is 5. The van der Waals surface area contributed by atoms with Crippen molar-refractivity contribution in [2.45, 2.75) is 216 Å². The van der Waals surface area contributed by atoms with E-state index in [1.165, 1.54) is 36.5 Å². The number of aliphatic hydroxyl groups excluding tert-OH is 4. The number of rotatable bonds is 8. The van der Waals surface area contributed by atoms with Gasteiger partial charge in [-0.3, -0.25) is 14.5 Å². The largest absolute Gasteiger partial charge is 0.444 e. The van der Waals surface area contributed by atoms with E-state index in [4.69, 9.17) is 73.7 Å². The number of benzene rings is 1. The molecule has 0 radical (unpaired) electrons. The van der Waals surface area contributed by atoms with Gasteiger partial charge in [0.15, 0.2) is 18.2 Å². The number of ketones is 1. The van der Waals surface area contributed by atoms with Gasteiger partial charge in [0, 0.05) is 102 Å². The van der Waals surface area contributed by atoms with Gasteiger partial charge in [0.1, 0.15) is 34.2 Å². The average molecular weight is 1970 g/mol. The molecule has 11 aliphatic heterocycles. The Morgan fingerprint density at radius 3 is 1.53 bits per heavy atom. The predicted octanol–water partition coefficient (Wildman–Crippen LogP) is 12.6. The molecule has 42 heteroatoms. The first-order valence-electron chi connectivity index (χ1n) is 42.3. The summed E-state index contributed by atoms with van der Waals surface area (Å²) in [6.45, 7) is 33.7. The van der Waals surface area contributed by atoms with Crippen LogP contribution in [0.25, 0.3) is 11.3 Å². The number of hydrogen-bond donors (Lipinski definition) is 7. The third-order valence-electron chi connectivity index (χ3n) is 21.5. The van der Waals surface area contributed by atoms with Gasteiger partial charge in [0.05, 0.1) is 167 Å². The second-order valence-electron chi connectivity index (χ2n) is 35.9. The predicted molar refractivity (Wildman–Crippen MR) is 493 cm³/mol. The second-order valence-corrected chi connectivity index (χ2v) is 37.8. The van der Waals surface area contributed by atoms with E-state index in [0.717, 1.165) is 124 Å². The molecule has 4 aromatic heterocycles. The van der Waals surface area contributed by atoms with Crippen LogP contribution in [0.1, 0.15) is 162 Å². The number of nitriles is 1. The zero-order valence-corrected chi connectivity index (χ0v) is 78.9. The van der Waals surface area contributed by atoms with Gasteiger partial charge in [-0.25, -0.2) is 38.0 Å². The molecule has 10 saturated heterocycles. The maximum absolute atomic E-state index is 14.3. The highest BCUT2D eigenvalue weighted by atomic mass is 79.9. The van der Waals surface area contributed by atoms with Gasteiger partial charge in [-0.2, -0.15) is 5.26 Å². The number of fused-ring (bicyclic) bond motifs is 1.